The van der Waals surface area contributed by atoms with Crippen molar-refractivity contribution in [2.24, 2.45) is 0 Å². The molecule has 0 aromatic heterocycles. The van der Waals surface area contributed by atoms with Gasteiger partial charge in [-0.1, -0.05) is 29.8 Å². The highest BCUT2D eigenvalue weighted by molar-refractivity contribution is 7.98. The number of benzene rings is 2. The van der Waals surface area contributed by atoms with Crippen LogP contribution in [0.5, 0.6) is 0 Å². The lowest BCUT2D eigenvalue weighted by Gasteiger charge is -2.03. The molecular formula is C15H16S2. The second-order valence-electron chi connectivity index (χ2n) is 3.95. The molecule has 0 spiro atoms. The number of hydrogen-bond donors (Lipinski definition) is 0. The molecule has 0 N–H and O–H groups in total. The van der Waals surface area contributed by atoms with Gasteiger partial charge in [-0.05, 0) is 43.0 Å². The van der Waals surface area contributed by atoms with Crippen molar-refractivity contribution in [2.45, 2.75) is 22.5 Å². The summed E-state index contributed by atoms with van der Waals surface area (Å²) in [6.45, 7) is 2.12. The van der Waals surface area contributed by atoms with Gasteiger partial charge in [0.1, 0.15) is 0 Å². The average Bonchev–Trinajstić information content (AvgIpc) is 2.39. The van der Waals surface area contributed by atoms with E-state index in [1.165, 1.54) is 20.9 Å². The fourth-order valence-electron chi connectivity index (χ4n) is 1.52. The SMILES string of the molecule is CSc1ccc(CSc2ccc(C)cc2)cc1. The molecular weight excluding hydrogens is 244 g/mol. The zero-order chi connectivity index (χ0) is 12.1. The Morgan fingerprint density at radius 1 is 0.824 bits per heavy atom. The molecule has 0 radical (unpaired) electrons. The highest BCUT2D eigenvalue weighted by Crippen LogP contribution is 2.24. The van der Waals surface area contributed by atoms with Crippen LogP contribution < -0.4 is 0 Å². The molecule has 2 aromatic rings. The summed E-state index contributed by atoms with van der Waals surface area (Å²) in [7, 11) is 0. The van der Waals surface area contributed by atoms with Crippen molar-refractivity contribution in [1.82, 2.24) is 0 Å². The number of rotatable bonds is 4. The Bertz CT molecular complexity index is 457. The third-order valence-electron chi connectivity index (χ3n) is 2.59. The molecule has 88 valence electrons. The molecule has 0 fully saturated rings. The lowest BCUT2D eigenvalue weighted by atomic mass is 10.2. The summed E-state index contributed by atoms with van der Waals surface area (Å²) in [4.78, 5) is 2.67. The van der Waals surface area contributed by atoms with Crippen molar-refractivity contribution >= 4 is 23.5 Å². The van der Waals surface area contributed by atoms with Gasteiger partial charge in [0.05, 0.1) is 0 Å². The first-order chi connectivity index (χ1) is 8.28. The van der Waals surface area contributed by atoms with Gasteiger partial charge in [0.25, 0.3) is 0 Å². The first-order valence-corrected chi connectivity index (χ1v) is 7.81. The van der Waals surface area contributed by atoms with E-state index in [0.717, 1.165) is 5.75 Å². The van der Waals surface area contributed by atoms with Gasteiger partial charge in [-0.2, -0.15) is 0 Å². The molecule has 0 nitrogen and oxygen atoms in total. The summed E-state index contributed by atoms with van der Waals surface area (Å²) >= 11 is 3.68. The molecule has 0 saturated carbocycles. The van der Waals surface area contributed by atoms with Gasteiger partial charge in [-0.15, -0.1) is 23.5 Å². The van der Waals surface area contributed by atoms with E-state index in [4.69, 9.17) is 0 Å². The van der Waals surface area contributed by atoms with E-state index in [1.807, 2.05) is 11.8 Å². The van der Waals surface area contributed by atoms with Gasteiger partial charge < -0.3 is 0 Å². The summed E-state index contributed by atoms with van der Waals surface area (Å²) in [6.07, 6.45) is 2.11. The smallest absolute Gasteiger partial charge is 0.0232 e. The Hall–Kier alpha value is -0.860. The van der Waals surface area contributed by atoms with Crippen LogP contribution in [0.4, 0.5) is 0 Å². The van der Waals surface area contributed by atoms with Gasteiger partial charge in [0.15, 0.2) is 0 Å². The number of aryl methyl sites for hydroxylation is 1. The van der Waals surface area contributed by atoms with Crippen LogP contribution in [-0.4, -0.2) is 6.26 Å². The van der Waals surface area contributed by atoms with E-state index in [2.05, 4.69) is 61.7 Å². The van der Waals surface area contributed by atoms with Crippen LogP contribution in [0.25, 0.3) is 0 Å². The first-order valence-electron chi connectivity index (χ1n) is 5.60. The Kier molecular flexibility index (Phi) is 4.57. The summed E-state index contributed by atoms with van der Waals surface area (Å²) in [5.74, 6) is 1.04. The van der Waals surface area contributed by atoms with Gasteiger partial charge in [-0.3, -0.25) is 0 Å². The van der Waals surface area contributed by atoms with E-state index < -0.39 is 0 Å². The van der Waals surface area contributed by atoms with Crippen molar-refractivity contribution in [2.75, 3.05) is 6.26 Å². The zero-order valence-corrected chi connectivity index (χ0v) is 11.8. The second-order valence-corrected chi connectivity index (χ2v) is 5.88. The maximum atomic E-state index is 2.22. The highest BCUT2D eigenvalue weighted by Gasteiger charge is 1.97. The standard InChI is InChI=1S/C15H16S2/c1-12-3-7-15(8-4-12)17-11-13-5-9-14(16-2)10-6-13/h3-10H,11H2,1-2H3. The molecule has 2 heteroatoms. The van der Waals surface area contributed by atoms with Crippen LogP contribution in [-0.2, 0) is 5.75 Å². The predicted octanol–water partition coefficient (Wildman–Crippen LogP) is 5.01. The largest absolute Gasteiger partial charge is 0.130 e. The Morgan fingerprint density at radius 2 is 1.41 bits per heavy atom. The Labute approximate surface area is 112 Å². The van der Waals surface area contributed by atoms with E-state index in [0.29, 0.717) is 0 Å². The second kappa shape index (κ2) is 6.18. The molecule has 0 aliphatic rings. The van der Waals surface area contributed by atoms with Crippen molar-refractivity contribution < 1.29 is 0 Å². The van der Waals surface area contributed by atoms with Crippen LogP contribution in [0.2, 0.25) is 0 Å². The molecule has 0 aliphatic carbocycles. The highest BCUT2D eigenvalue weighted by atomic mass is 32.2. The molecule has 17 heavy (non-hydrogen) atoms. The quantitative estimate of drug-likeness (QED) is 0.709. The van der Waals surface area contributed by atoms with E-state index >= 15 is 0 Å². The van der Waals surface area contributed by atoms with Crippen LogP contribution >= 0.6 is 23.5 Å². The topological polar surface area (TPSA) is 0 Å². The third-order valence-corrected chi connectivity index (χ3v) is 4.41. The van der Waals surface area contributed by atoms with Crippen LogP contribution in [0.3, 0.4) is 0 Å². The van der Waals surface area contributed by atoms with Gasteiger partial charge >= 0.3 is 0 Å². The first kappa shape index (κ1) is 12.6. The minimum atomic E-state index is 1.04. The molecule has 0 aliphatic heterocycles. The zero-order valence-electron chi connectivity index (χ0n) is 10.1. The third kappa shape index (κ3) is 3.83. The average molecular weight is 260 g/mol. The van der Waals surface area contributed by atoms with Crippen molar-refractivity contribution in [3.63, 3.8) is 0 Å². The van der Waals surface area contributed by atoms with Crippen molar-refractivity contribution in [3.8, 4) is 0 Å². The lowest BCUT2D eigenvalue weighted by Crippen LogP contribution is -1.81. The Balaban J connectivity index is 1.95. The predicted molar refractivity (Wildman–Crippen MR) is 79.0 cm³/mol. The summed E-state index contributed by atoms with van der Waals surface area (Å²) < 4.78 is 0. The van der Waals surface area contributed by atoms with E-state index in [1.54, 1.807) is 11.8 Å². The molecule has 0 saturated heterocycles. The maximum Gasteiger partial charge on any atom is 0.0232 e. The molecule has 0 heterocycles. The fourth-order valence-corrected chi connectivity index (χ4v) is 2.79. The Morgan fingerprint density at radius 3 is 2.00 bits per heavy atom. The van der Waals surface area contributed by atoms with Gasteiger partial charge in [-0.25, -0.2) is 0 Å². The molecule has 2 aromatic carbocycles. The summed E-state index contributed by atoms with van der Waals surface area (Å²) in [5, 5.41) is 0. The number of thioether (sulfide) groups is 2. The molecule has 0 unspecified atom stereocenters. The van der Waals surface area contributed by atoms with Crippen molar-refractivity contribution in [1.29, 1.82) is 0 Å². The molecule has 2 rings (SSSR count). The minimum absolute atomic E-state index is 1.04. The summed E-state index contributed by atoms with van der Waals surface area (Å²) in [5.41, 5.74) is 2.70. The van der Waals surface area contributed by atoms with Crippen LogP contribution in [0.15, 0.2) is 58.3 Å². The van der Waals surface area contributed by atoms with E-state index in [9.17, 15) is 0 Å². The van der Waals surface area contributed by atoms with E-state index in [-0.39, 0.29) is 0 Å². The van der Waals surface area contributed by atoms with Crippen molar-refractivity contribution in [3.05, 3.63) is 59.7 Å². The molecule has 0 amide bonds. The fraction of sp³-hybridized carbons (Fsp3) is 0.200. The normalized spacial score (nSPS) is 10.5. The monoisotopic (exact) mass is 260 g/mol. The number of hydrogen-bond acceptors (Lipinski definition) is 2. The molecule has 0 bridgehead atoms. The molecule has 0 atom stereocenters. The van der Waals surface area contributed by atoms with Crippen LogP contribution in [0, 0.1) is 6.92 Å². The van der Waals surface area contributed by atoms with Gasteiger partial charge in [0, 0.05) is 15.5 Å². The van der Waals surface area contributed by atoms with Crippen LogP contribution in [0.1, 0.15) is 11.1 Å². The van der Waals surface area contributed by atoms with Gasteiger partial charge in [0.2, 0.25) is 0 Å². The lowest BCUT2D eigenvalue weighted by molar-refractivity contribution is 1.33. The summed E-state index contributed by atoms with van der Waals surface area (Å²) in [6, 6.07) is 17.5. The minimum Gasteiger partial charge on any atom is -0.130 e. The maximum absolute atomic E-state index is 2.22.